The molecule has 1 rings (SSSR count). The van der Waals surface area contributed by atoms with E-state index in [2.05, 4.69) is 0 Å². The average Bonchev–Trinajstić information content (AvgIpc) is 2.30. The Kier molecular flexibility index (Phi) is 7.74. The lowest BCUT2D eigenvalue weighted by Crippen LogP contribution is -2.29. The minimum atomic E-state index is -6.09. The van der Waals surface area contributed by atoms with E-state index >= 15 is 0 Å². The van der Waals surface area contributed by atoms with Crippen molar-refractivity contribution in [1.82, 2.24) is 0 Å². The Balaban J connectivity index is 0.000000396. The number of carbonyl (C=O) groups is 2. The molecule has 0 amide bonds. The highest BCUT2D eigenvalue weighted by molar-refractivity contribution is 7.97. The van der Waals surface area contributed by atoms with Crippen LogP contribution in [0, 0.1) is 0 Å². The van der Waals surface area contributed by atoms with Crippen molar-refractivity contribution in [3.05, 3.63) is 0 Å². The summed E-state index contributed by atoms with van der Waals surface area (Å²) >= 11 is 0. The van der Waals surface area contributed by atoms with Crippen LogP contribution in [0.5, 0.6) is 0 Å². The van der Waals surface area contributed by atoms with Crippen LogP contribution in [0.25, 0.3) is 0 Å². The van der Waals surface area contributed by atoms with Crippen LogP contribution >= 0.6 is 0 Å². The van der Waals surface area contributed by atoms with Crippen LogP contribution < -0.4 is 0 Å². The Bertz CT molecular complexity index is 434. The van der Waals surface area contributed by atoms with Crippen molar-refractivity contribution in [3.63, 3.8) is 0 Å². The zero-order chi connectivity index (χ0) is 16.0. The van der Waals surface area contributed by atoms with Gasteiger partial charge in [0.05, 0.1) is 12.8 Å². The molecule has 0 bridgehead atoms. The zero-order valence-electron chi connectivity index (χ0n) is 10.7. The molecule has 0 aromatic rings. The molecule has 118 valence electrons. The molecular weight excluding hydrogens is 321 g/mol. The smallest absolute Gasteiger partial charge is 0.485 e. The number of rotatable bonds is 3. The lowest BCUT2D eigenvalue weighted by Gasteiger charge is -2.11. The quantitative estimate of drug-likeness (QED) is 0.435. The van der Waals surface area contributed by atoms with Gasteiger partial charge in [-0.3, -0.25) is 9.59 Å². The second-order valence-electron chi connectivity index (χ2n) is 4.00. The van der Waals surface area contributed by atoms with Gasteiger partial charge in [-0.25, -0.2) is 8.42 Å². The molecule has 1 heterocycles. The molecule has 0 radical (unpaired) electrons. The summed E-state index contributed by atoms with van der Waals surface area (Å²) in [4.78, 5) is 22.0. The van der Waals surface area contributed by atoms with E-state index in [4.69, 9.17) is 13.0 Å². The van der Waals surface area contributed by atoms with Crippen molar-refractivity contribution >= 4 is 32.6 Å². The number of hydrogen-bond acceptors (Lipinski definition) is 5. The molecule has 20 heavy (non-hydrogen) atoms. The Hall–Kier alpha value is -0.610. The molecule has 5 nitrogen and oxygen atoms in total. The number of Topliss-reactive ketones (excluding diaryl/α,β-unsaturated/α-hetero) is 2. The van der Waals surface area contributed by atoms with E-state index in [1.165, 1.54) is 0 Å². The van der Waals surface area contributed by atoms with E-state index in [0.717, 1.165) is 17.3 Å². The summed E-state index contributed by atoms with van der Waals surface area (Å²) in [7, 11) is -5.86. The topological polar surface area (TPSA) is 91.3 Å². The largest absolute Gasteiger partial charge is 0.741 e. The first-order valence-electron chi connectivity index (χ1n) is 5.67. The maximum Gasteiger partial charge on any atom is 0.485 e. The fraction of sp³-hybridized carbons (Fsp3) is 0.800. The first kappa shape index (κ1) is 19.4. The van der Waals surface area contributed by atoms with Gasteiger partial charge in [-0.1, -0.05) is 6.92 Å². The van der Waals surface area contributed by atoms with E-state index in [1.807, 2.05) is 6.92 Å². The van der Waals surface area contributed by atoms with E-state index in [9.17, 15) is 22.8 Å². The normalized spacial score (nSPS) is 17.4. The minimum absolute atomic E-state index is 0.234. The maximum absolute atomic E-state index is 11.1. The zero-order valence-corrected chi connectivity index (χ0v) is 12.4. The molecule has 0 N–H and O–H groups in total. The molecule has 0 saturated carbocycles. The van der Waals surface area contributed by atoms with Crippen LogP contribution in [0.3, 0.4) is 0 Å². The highest BCUT2D eigenvalue weighted by Gasteiger charge is 2.36. The minimum Gasteiger partial charge on any atom is -0.741 e. The third-order valence-electron chi connectivity index (χ3n) is 2.38. The third-order valence-corrected chi connectivity index (χ3v) is 5.24. The van der Waals surface area contributed by atoms with Gasteiger partial charge < -0.3 is 4.55 Å². The van der Waals surface area contributed by atoms with Crippen molar-refractivity contribution in [3.8, 4) is 0 Å². The molecule has 1 aliphatic rings. The summed E-state index contributed by atoms with van der Waals surface area (Å²) in [5.41, 5.74) is -5.65. The lowest BCUT2D eigenvalue weighted by molar-refractivity contribution is -0.119. The van der Waals surface area contributed by atoms with Gasteiger partial charge in [0.15, 0.2) is 21.7 Å². The van der Waals surface area contributed by atoms with Gasteiger partial charge in [0, 0.05) is 6.42 Å². The third kappa shape index (κ3) is 7.85. The molecule has 1 saturated heterocycles. The molecule has 0 aliphatic carbocycles. The summed E-state index contributed by atoms with van der Waals surface area (Å²) in [6.45, 7) is 1.90. The second kappa shape index (κ2) is 7.99. The Labute approximate surface area is 118 Å². The maximum atomic E-state index is 11.1. The average molecular weight is 336 g/mol. The highest BCUT2D eigenvalue weighted by atomic mass is 32.2. The van der Waals surface area contributed by atoms with Crippen molar-refractivity contribution in [1.29, 1.82) is 0 Å². The molecule has 1 aliphatic heterocycles. The van der Waals surface area contributed by atoms with Gasteiger partial charge in [0.25, 0.3) is 0 Å². The highest BCUT2D eigenvalue weighted by Crippen LogP contribution is 2.20. The molecular formula is C10H15F3O5S2. The van der Waals surface area contributed by atoms with E-state index in [1.54, 1.807) is 0 Å². The Morgan fingerprint density at radius 1 is 1.30 bits per heavy atom. The molecule has 1 fully saturated rings. The van der Waals surface area contributed by atoms with E-state index < -0.39 is 15.6 Å². The first-order valence-corrected chi connectivity index (χ1v) is 8.81. The van der Waals surface area contributed by atoms with Crippen LogP contribution in [0.4, 0.5) is 13.2 Å². The van der Waals surface area contributed by atoms with Gasteiger partial charge in [-0.15, -0.1) is 0 Å². The van der Waals surface area contributed by atoms with Gasteiger partial charge in [-0.2, -0.15) is 13.2 Å². The molecule has 0 atom stereocenters. The first-order chi connectivity index (χ1) is 8.97. The predicted octanol–water partition coefficient (Wildman–Crippen LogP) is 0.998. The van der Waals surface area contributed by atoms with Gasteiger partial charge in [0.1, 0.15) is 17.3 Å². The van der Waals surface area contributed by atoms with Crippen molar-refractivity contribution in [2.24, 2.45) is 0 Å². The molecule has 0 aromatic heterocycles. The summed E-state index contributed by atoms with van der Waals surface area (Å²) in [6, 6.07) is 0. The summed E-state index contributed by atoms with van der Waals surface area (Å²) in [5, 5.41) is 0. The molecule has 0 unspecified atom stereocenters. The fourth-order valence-corrected chi connectivity index (χ4v) is 3.40. The molecule has 0 spiro atoms. The second-order valence-corrected chi connectivity index (χ2v) is 7.70. The van der Waals surface area contributed by atoms with Gasteiger partial charge in [-0.05, 0) is 10.9 Å². The van der Waals surface area contributed by atoms with Gasteiger partial charge >= 0.3 is 5.51 Å². The molecule has 10 heteroatoms. The fourth-order valence-electron chi connectivity index (χ4n) is 1.22. The van der Waals surface area contributed by atoms with Crippen LogP contribution in [0.15, 0.2) is 0 Å². The Morgan fingerprint density at radius 3 is 2.00 bits per heavy atom. The van der Waals surface area contributed by atoms with Crippen LogP contribution in [-0.4, -0.2) is 47.3 Å². The summed E-state index contributed by atoms with van der Waals surface area (Å²) in [6.07, 6.45) is 2.07. The lowest BCUT2D eigenvalue weighted by atomic mass is 10.2. The number of carbonyl (C=O) groups excluding carboxylic acids is 2. The van der Waals surface area contributed by atoms with Crippen LogP contribution in [-0.2, 0) is 30.6 Å². The SMILES string of the molecule is CCC(=O)C[S+]1CCC(=O)CC1.O=S(=O)([O-])C(F)(F)F. The number of halogens is 3. The number of alkyl halides is 3. The summed E-state index contributed by atoms with van der Waals surface area (Å²) in [5.74, 6) is 3.38. The number of ketones is 2. The van der Waals surface area contributed by atoms with Crippen molar-refractivity contribution in [2.45, 2.75) is 31.7 Å². The van der Waals surface area contributed by atoms with Crippen molar-refractivity contribution < 1.29 is 35.7 Å². The monoisotopic (exact) mass is 336 g/mol. The Morgan fingerprint density at radius 2 is 1.70 bits per heavy atom. The predicted molar refractivity (Wildman–Crippen MR) is 67.3 cm³/mol. The van der Waals surface area contributed by atoms with Crippen molar-refractivity contribution in [2.75, 3.05) is 17.3 Å². The molecule has 0 aromatic carbocycles. The van der Waals surface area contributed by atoms with E-state index in [-0.39, 0.29) is 10.9 Å². The van der Waals surface area contributed by atoms with Gasteiger partial charge in [0.2, 0.25) is 0 Å². The number of hydrogen-bond donors (Lipinski definition) is 0. The van der Waals surface area contributed by atoms with Crippen LogP contribution in [0.1, 0.15) is 26.2 Å². The van der Waals surface area contributed by atoms with E-state index in [0.29, 0.717) is 30.8 Å². The summed E-state index contributed by atoms with van der Waals surface area (Å²) < 4.78 is 58.9. The standard InChI is InChI=1S/C9H15O2S.CHF3O3S/c1-2-8(10)7-12-5-3-9(11)4-6-12;2-1(3,4)8(5,6)7/h2-7H2,1H3;(H,5,6,7)/q+1;/p-1. The van der Waals surface area contributed by atoms with Crippen LogP contribution in [0.2, 0.25) is 0 Å².